The van der Waals surface area contributed by atoms with Gasteiger partial charge < -0.3 is 14.0 Å². The molecule has 9 heteroatoms. The molecule has 1 atom stereocenters. The average molecular weight is 647 g/mol. The van der Waals surface area contributed by atoms with E-state index in [0.717, 1.165) is 19.3 Å². The molecule has 0 radical (unpaired) electrons. The van der Waals surface area contributed by atoms with Crippen LogP contribution < -0.4 is 29.6 Å². The number of carbonyl (C=O) groups excluding carboxylic acids is 2. The van der Waals surface area contributed by atoms with Gasteiger partial charge in [-0.3, -0.25) is 0 Å². The summed E-state index contributed by atoms with van der Waals surface area (Å²) in [6.45, 7) is 3.95. The van der Waals surface area contributed by atoms with Gasteiger partial charge in [0, 0.05) is 0 Å². The summed E-state index contributed by atoms with van der Waals surface area (Å²) in [4.78, 5) is 25.0. The maximum absolute atomic E-state index is 12.5. The number of benzene rings is 1. The number of hydrogen-bond donors (Lipinski definition) is 0. The molecule has 44 heavy (non-hydrogen) atoms. The van der Waals surface area contributed by atoms with Crippen LogP contribution in [0.5, 0.6) is 0 Å². The second-order valence-electron chi connectivity index (χ2n) is 11.8. The van der Waals surface area contributed by atoms with Crippen molar-refractivity contribution in [2.45, 2.75) is 167 Å². The molecule has 0 N–H and O–H groups in total. The normalized spacial score (nSPS) is 12.0. The van der Waals surface area contributed by atoms with Crippen LogP contribution in [0.3, 0.4) is 0 Å². The van der Waals surface area contributed by atoms with Crippen LogP contribution in [0, 0.1) is 0 Å². The monoisotopic (exact) mass is 646 g/mol. The molecular formula is C35H59NaO7S. The van der Waals surface area contributed by atoms with Crippen molar-refractivity contribution in [3.05, 3.63) is 35.4 Å². The van der Waals surface area contributed by atoms with Crippen LogP contribution in [-0.2, 0) is 19.6 Å². The summed E-state index contributed by atoms with van der Waals surface area (Å²) < 4.78 is 43.9. The molecule has 0 bridgehead atoms. The Morgan fingerprint density at radius 2 is 0.955 bits per heavy atom. The van der Waals surface area contributed by atoms with Crippen LogP contribution >= 0.6 is 0 Å². The smallest absolute Gasteiger partial charge is 0.745 e. The largest absolute Gasteiger partial charge is 1.00 e. The van der Waals surface area contributed by atoms with Gasteiger partial charge in [0.05, 0.1) is 17.7 Å². The first-order valence-electron chi connectivity index (χ1n) is 17.2. The molecule has 0 saturated heterocycles. The Labute approximate surface area is 291 Å². The summed E-state index contributed by atoms with van der Waals surface area (Å²) in [5, 5.41) is 0. The van der Waals surface area contributed by atoms with Crippen LogP contribution in [0.1, 0.15) is 182 Å². The van der Waals surface area contributed by atoms with Crippen LogP contribution in [0.15, 0.2) is 24.3 Å². The maximum Gasteiger partial charge on any atom is 1.00 e. The summed E-state index contributed by atoms with van der Waals surface area (Å²) in [5.41, 5.74) is -1.93. The SMILES string of the molecule is CCCCCCCCCCCCCCCCCCCCCCCCOC(=O)c1ccccc1C(=O)OC(CC)S(=O)(=O)[O-].[Na+]. The van der Waals surface area contributed by atoms with E-state index < -0.39 is 27.5 Å². The van der Waals surface area contributed by atoms with Crippen LogP contribution in [0.4, 0.5) is 0 Å². The third-order valence-electron chi connectivity index (χ3n) is 7.99. The fourth-order valence-electron chi connectivity index (χ4n) is 5.32. The zero-order chi connectivity index (χ0) is 31.6. The topological polar surface area (TPSA) is 110 Å². The molecule has 0 aliphatic rings. The van der Waals surface area contributed by atoms with Crippen molar-refractivity contribution in [3.63, 3.8) is 0 Å². The molecule has 1 aromatic carbocycles. The molecule has 0 fully saturated rings. The molecule has 1 rings (SSSR count). The Bertz CT molecular complexity index is 968. The summed E-state index contributed by atoms with van der Waals surface area (Å²) in [7, 11) is -4.80. The third-order valence-corrected chi connectivity index (χ3v) is 9.07. The quantitative estimate of drug-likeness (QED) is 0.0422. The molecule has 0 saturated carbocycles. The minimum Gasteiger partial charge on any atom is -0.745 e. The molecular weight excluding hydrogens is 587 g/mol. The summed E-state index contributed by atoms with van der Waals surface area (Å²) in [6.07, 6.45) is 28.7. The van der Waals surface area contributed by atoms with Crippen molar-refractivity contribution in [2.24, 2.45) is 0 Å². The average Bonchev–Trinajstić information content (AvgIpc) is 2.99. The van der Waals surface area contributed by atoms with E-state index in [2.05, 4.69) is 6.92 Å². The van der Waals surface area contributed by atoms with E-state index in [1.165, 1.54) is 147 Å². The zero-order valence-electron chi connectivity index (χ0n) is 28.1. The van der Waals surface area contributed by atoms with Gasteiger partial charge in [-0.25, -0.2) is 18.0 Å². The standard InChI is InChI=1S/C35H60O7S.Na/c1-3-5-6-7-8-9-10-11-12-13-14-15-16-17-18-19-20-21-22-23-24-27-30-41-34(36)31-28-25-26-29-32(31)35(37)42-33(4-2)43(38,39)40;/h25-26,28-29,33H,3-24,27,30H2,1-2H3,(H,38,39,40);/q;+1/p-1. The van der Waals surface area contributed by atoms with Crippen LogP contribution in [-0.4, -0.2) is 37.0 Å². The molecule has 1 aromatic rings. The zero-order valence-corrected chi connectivity index (χ0v) is 30.9. The third kappa shape index (κ3) is 21.7. The second-order valence-corrected chi connectivity index (χ2v) is 13.4. The molecule has 248 valence electrons. The molecule has 0 aromatic heterocycles. The first-order valence-corrected chi connectivity index (χ1v) is 18.7. The van der Waals surface area contributed by atoms with Crippen molar-refractivity contribution < 1.29 is 61.6 Å². The van der Waals surface area contributed by atoms with E-state index in [4.69, 9.17) is 9.47 Å². The van der Waals surface area contributed by atoms with Gasteiger partial charge in [-0.15, -0.1) is 0 Å². The van der Waals surface area contributed by atoms with E-state index >= 15 is 0 Å². The molecule has 0 amide bonds. The maximum atomic E-state index is 12.5. The second kappa shape index (κ2) is 28.3. The number of esters is 2. The summed E-state index contributed by atoms with van der Waals surface area (Å²) in [6, 6.07) is 5.88. The molecule has 0 heterocycles. The Morgan fingerprint density at radius 3 is 1.30 bits per heavy atom. The summed E-state index contributed by atoms with van der Waals surface area (Å²) in [5.74, 6) is -1.71. The minimum atomic E-state index is -4.80. The van der Waals surface area contributed by atoms with E-state index in [9.17, 15) is 22.6 Å². The number of carbonyl (C=O) groups is 2. The van der Waals surface area contributed by atoms with Crippen LogP contribution in [0.2, 0.25) is 0 Å². The fourth-order valence-corrected chi connectivity index (χ4v) is 5.94. The first kappa shape index (κ1) is 43.1. The molecule has 1 unspecified atom stereocenters. The van der Waals surface area contributed by atoms with Gasteiger partial charge in [0.15, 0.2) is 5.44 Å². The van der Waals surface area contributed by atoms with Crippen molar-refractivity contribution >= 4 is 22.1 Å². The molecule has 0 aliphatic carbocycles. The van der Waals surface area contributed by atoms with Gasteiger partial charge in [-0.05, 0) is 25.0 Å². The van der Waals surface area contributed by atoms with E-state index in [1.54, 1.807) is 6.07 Å². The van der Waals surface area contributed by atoms with Crippen molar-refractivity contribution in [1.29, 1.82) is 0 Å². The van der Waals surface area contributed by atoms with E-state index in [1.807, 2.05) is 0 Å². The molecule has 0 aliphatic heterocycles. The van der Waals surface area contributed by atoms with E-state index in [-0.39, 0.29) is 53.7 Å². The van der Waals surface area contributed by atoms with E-state index in [0.29, 0.717) is 0 Å². The van der Waals surface area contributed by atoms with Gasteiger partial charge in [0.1, 0.15) is 10.1 Å². The Hall–Kier alpha value is -0.930. The Kier molecular flexibility index (Phi) is 27.7. The number of ether oxygens (including phenoxy) is 2. The Balaban J connectivity index is 0.0000185. The number of rotatable bonds is 28. The van der Waals surface area contributed by atoms with Gasteiger partial charge in [0.25, 0.3) is 0 Å². The molecule has 7 nitrogen and oxygen atoms in total. The van der Waals surface area contributed by atoms with Gasteiger partial charge in [-0.1, -0.05) is 161 Å². The predicted octanol–water partition coefficient (Wildman–Crippen LogP) is 6.89. The number of hydrogen-bond acceptors (Lipinski definition) is 7. The van der Waals surface area contributed by atoms with Gasteiger partial charge >= 0.3 is 41.5 Å². The van der Waals surface area contributed by atoms with Crippen LogP contribution in [0.25, 0.3) is 0 Å². The minimum absolute atomic E-state index is 0. The number of unbranched alkanes of at least 4 members (excludes halogenated alkanes) is 21. The van der Waals surface area contributed by atoms with Crippen molar-refractivity contribution in [3.8, 4) is 0 Å². The fraction of sp³-hybridized carbons (Fsp3) is 0.771. The molecule has 0 spiro atoms. The van der Waals surface area contributed by atoms with Crippen molar-refractivity contribution in [1.82, 2.24) is 0 Å². The van der Waals surface area contributed by atoms with Gasteiger partial charge in [-0.2, -0.15) is 0 Å². The van der Waals surface area contributed by atoms with Crippen molar-refractivity contribution in [2.75, 3.05) is 6.61 Å². The first-order chi connectivity index (χ1) is 20.8. The predicted molar refractivity (Wildman–Crippen MR) is 173 cm³/mol. The summed E-state index contributed by atoms with van der Waals surface area (Å²) >= 11 is 0. The Morgan fingerprint density at radius 1 is 0.614 bits per heavy atom. The van der Waals surface area contributed by atoms with Gasteiger partial charge in [0.2, 0.25) is 0 Å².